The topological polar surface area (TPSA) is 94.1 Å². The van der Waals surface area contributed by atoms with Crippen molar-refractivity contribution in [3.8, 4) is 11.1 Å². The number of rotatable bonds is 7. The number of aliphatic hydroxyl groups excluding tert-OH is 1. The number of hydrogen-bond acceptors (Lipinski definition) is 6. The van der Waals surface area contributed by atoms with Gasteiger partial charge in [0.2, 0.25) is 0 Å². The fourth-order valence-electron chi connectivity index (χ4n) is 3.84. The van der Waals surface area contributed by atoms with Crippen LogP contribution in [0.1, 0.15) is 24.0 Å². The normalized spacial score (nSPS) is 17.3. The Morgan fingerprint density at radius 2 is 1.70 bits per heavy atom. The van der Waals surface area contributed by atoms with Crippen LogP contribution in [0.3, 0.4) is 0 Å². The van der Waals surface area contributed by atoms with E-state index >= 15 is 0 Å². The number of alkyl carbamates (subject to hydrolysis) is 1. The molecule has 1 amide bonds. The van der Waals surface area contributed by atoms with E-state index in [1.807, 2.05) is 43.3 Å². The lowest BCUT2D eigenvalue weighted by Gasteiger charge is -2.37. The van der Waals surface area contributed by atoms with E-state index in [1.165, 1.54) is 0 Å². The summed E-state index contributed by atoms with van der Waals surface area (Å²) in [5.74, 6) is -0.777. The molecule has 158 valence electrons. The highest BCUT2D eigenvalue weighted by atomic mass is 16.6. The summed E-state index contributed by atoms with van der Waals surface area (Å²) in [6, 6.07) is 14.9. The smallest absolute Gasteiger partial charge is 0.407 e. The van der Waals surface area contributed by atoms with E-state index in [-0.39, 0.29) is 24.5 Å². The van der Waals surface area contributed by atoms with Crippen molar-refractivity contribution in [3.63, 3.8) is 0 Å². The van der Waals surface area contributed by atoms with Gasteiger partial charge in [-0.2, -0.15) is 0 Å². The number of benzene rings is 2. The van der Waals surface area contributed by atoms with Crippen molar-refractivity contribution in [2.75, 3.05) is 33.0 Å². The maximum absolute atomic E-state index is 12.3. The van der Waals surface area contributed by atoms with Crippen LogP contribution in [0.25, 0.3) is 11.1 Å². The highest BCUT2D eigenvalue weighted by Crippen LogP contribution is 2.44. The SMILES string of the molecule is CC1(COC(=O)[C@H](CO)NC(=O)OCC2c3ccccc3-c3ccccc32)COC1. The number of amides is 1. The number of esters is 1. The minimum Gasteiger partial charge on any atom is -0.463 e. The summed E-state index contributed by atoms with van der Waals surface area (Å²) >= 11 is 0. The second kappa shape index (κ2) is 8.45. The highest BCUT2D eigenvalue weighted by Gasteiger charge is 2.36. The number of fused-ring (bicyclic) bond motifs is 3. The average Bonchev–Trinajstić information content (AvgIpc) is 3.07. The van der Waals surface area contributed by atoms with Crippen LogP contribution in [-0.4, -0.2) is 56.2 Å². The lowest BCUT2D eigenvalue weighted by Crippen LogP contribution is -2.48. The van der Waals surface area contributed by atoms with Gasteiger partial charge >= 0.3 is 12.1 Å². The standard InChI is InChI=1S/C23H25NO6/c1-23(12-28-13-23)14-30-21(26)20(10-25)24-22(27)29-11-19-17-8-4-2-6-15(17)16-7-3-5-9-18(16)19/h2-9,19-20,25H,10-14H2,1H3,(H,24,27)/t20-/m0/s1. The van der Waals surface area contributed by atoms with Crippen molar-refractivity contribution in [2.24, 2.45) is 5.41 Å². The van der Waals surface area contributed by atoms with E-state index in [9.17, 15) is 14.7 Å². The summed E-state index contributed by atoms with van der Waals surface area (Å²) in [5.41, 5.74) is 4.25. The molecule has 2 aliphatic rings. The second-order valence-electron chi connectivity index (χ2n) is 8.12. The molecule has 0 aromatic heterocycles. The van der Waals surface area contributed by atoms with E-state index in [0.29, 0.717) is 13.2 Å². The highest BCUT2D eigenvalue weighted by molar-refractivity contribution is 5.82. The summed E-state index contributed by atoms with van der Waals surface area (Å²) in [6.45, 7) is 2.71. The molecule has 1 saturated heterocycles. The van der Waals surface area contributed by atoms with E-state index in [0.717, 1.165) is 22.3 Å². The van der Waals surface area contributed by atoms with Crippen LogP contribution in [0.4, 0.5) is 4.79 Å². The minimum atomic E-state index is -1.18. The van der Waals surface area contributed by atoms with E-state index in [4.69, 9.17) is 14.2 Å². The fourth-order valence-corrected chi connectivity index (χ4v) is 3.84. The Bertz CT molecular complexity index is 893. The largest absolute Gasteiger partial charge is 0.463 e. The Morgan fingerprint density at radius 1 is 1.10 bits per heavy atom. The molecule has 0 spiro atoms. The van der Waals surface area contributed by atoms with Gasteiger partial charge in [-0.05, 0) is 22.3 Å². The molecule has 7 heteroatoms. The van der Waals surface area contributed by atoms with Gasteiger partial charge in [0.05, 0.1) is 19.8 Å². The van der Waals surface area contributed by atoms with Crippen molar-refractivity contribution in [2.45, 2.75) is 18.9 Å². The molecule has 1 heterocycles. The van der Waals surface area contributed by atoms with Gasteiger partial charge in [0, 0.05) is 11.3 Å². The fraction of sp³-hybridized carbons (Fsp3) is 0.391. The molecule has 1 fully saturated rings. The van der Waals surface area contributed by atoms with E-state index < -0.39 is 24.7 Å². The first-order chi connectivity index (χ1) is 14.5. The van der Waals surface area contributed by atoms with Crippen LogP contribution >= 0.6 is 0 Å². The molecule has 0 saturated carbocycles. The van der Waals surface area contributed by atoms with Gasteiger partial charge in [-0.1, -0.05) is 55.5 Å². The Balaban J connectivity index is 1.34. The lowest BCUT2D eigenvalue weighted by molar-refractivity contribution is -0.167. The number of carbonyl (C=O) groups is 2. The van der Waals surface area contributed by atoms with Crippen LogP contribution in [0.15, 0.2) is 48.5 Å². The summed E-state index contributed by atoms with van der Waals surface area (Å²) < 4.78 is 15.8. The first-order valence-corrected chi connectivity index (χ1v) is 9.97. The molecule has 7 nitrogen and oxygen atoms in total. The van der Waals surface area contributed by atoms with Crippen LogP contribution in [-0.2, 0) is 19.0 Å². The van der Waals surface area contributed by atoms with Gasteiger partial charge in [-0.25, -0.2) is 9.59 Å². The maximum Gasteiger partial charge on any atom is 0.407 e. The first kappa shape index (κ1) is 20.4. The molecule has 0 unspecified atom stereocenters. The molecular formula is C23H25NO6. The zero-order valence-corrected chi connectivity index (χ0v) is 16.8. The van der Waals surface area contributed by atoms with Crippen LogP contribution in [0.2, 0.25) is 0 Å². The molecule has 0 radical (unpaired) electrons. The second-order valence-corrected chi connectivity index (χ2v) is 8.12. The quantitative estimate of drug-likeness (QED) is 0.680. The van der Waals surface area contributed by atoms with Crippen LogP contribution < -0.4 is 5.32 Å². The third-order valence-corrected chi connectivity index (χ3v) is 5.57. The Labute approximate surface area is 174 Å². The van der Waals surface area contributed by atoms with Crippen molar-refractivity contribution >= 4 is 12.1 Å². The van der Waals surface area contributed by atoms with Crippen LogP contribution in [0.5, 0.6) is 0 Å². The molecule has 4 rings (SSSR count). The predicted molar refractivity (Wildman–Crippen MR) is 109 cm³/mol. The van der Waals surface area contributed by atoms with Crippen LogP contribution in [0, 0.1) is 5.41 Å². The van der Waals surface area contributed by atoms with Gasteiger partial charge in [0.1, 0.15) is 13.2 Å². The first-order valence-electron chi connectivity index (χ1n) is 9.97. The number of aliphatic hydroxyl groups is 1. The van der Waals surface area contributed by atoms with Gasteiger partial charge in [0.25, 0.3) is 0 Å². The van der Waals surface area contributed by atoms with E-state index in [1.54, 1.807) is 0 Å². The van der Waals surface area contributed by atoms with Crippen molar-refractivity contribution in [1.29, 1.82) is 0 Å². The van der Waals surface area contributed by atoms with E-state index in [2.05, 4.69) is 17.4 Å². The molecule has 0 bridgehead atoms. The number of nitrogens with one attached hydrogen (secondary N) is 1. The molecule has 1 aliphatic heterocycles. The molecule has 1 atom stereocenters. The van der Waals surface area contributed by atoms with Crippen molar-refractivity contribution < 1.29 is 28.9 Å². The van der Waals surface area contributed by atoms with Gasteiger partial charge in [-0.15, -0.1) is 0 Å². The molecular weight excluding hydrogens is 386 g/mol. The Hall–Kier alpha value is -2.90. The summed E-state index contributed by atoms with van der Waals surface area (Å²) in [5, 5.41) is 11.9. The van der Waals surface area contributed by atoms with Crippen molar-refractivity contribution in [3.05, 3.63) is 59.7 Å². The third-order valence-electron chi connectivity index (χ3n) is 5.57. The minimum absolute atomic E-state index is 0.0822. The Morgan fingerprint density at radius 3 is 2.23 bits per heavy atom. The molecule has 2 aromatic carbocycles. The lowest BCUT2D eigenvalue weighted by atomic mass is 9.90. The third kappa shape index (κ3) is 4.04. The predicted octanol–water partition coefficient (Wildman–Crippen LogP) is 2.47. The van der Waals surface area contributed by atoms with Crippen molar-refractivity contribution in [1.82, 2.24) is 5.32 Å². The van der Waals surface area contributed by atoms with Gasteiger partial charge in [0.15, 0.2) is 6.04 Å². The summed E-state index contributed by atoms with van der Waals surface area (Å²) in [6.07, 6.45) is -0.772. The number of carbonyl (C=O) groups excluding carboxylic acids is 2. The zero-order chi connectivity index (χ0) is 21.1. The monoisotopic (exact) mass is 411 g/mol. The van der Waals surface area contributed by atoms with Gasteiger partial charge < -0.3 is 24.6 Å². The van der Waals surface area contributed by atoms with Gasteiger partial charge in [-0.3, -0.25) is 0 Å². The number of hydrogen-bond donors (Lipinski definition) is 2. The molecule has 2 aromatic rings. The maximum atomic E-state index is 12.3. The summed E-state index contributed by atoms with van der Waals surface area (Å²) in [4.78, 5) is 24.5. The molecule has 30 heavy (non-hydrogen) atoms. The zero-order valence-electron chi connectivity index (χ0n) is 16.8. The Kier molecular flexibility index (Phi) is 5.74. The average molecular weight is 411 g/mol. The number of ether oxygens (including phenoxy) is 3. The molecule has 1 aliphatic carbocycles. The molecule has 2 N–H and O–H groups in total. The summed E-state index contributed by atoms with van der Waals surface area (Å²) in [7, 11) is 0.